The zero-order valence-electron chi connectivity index (χ0n) is 12.6. The lowest BCUT2D eigenvalue weighted by atomic mass is 10.1. The molecule has 0 spiro atoms. The number of sulfone groups is 1. The lowest BCUT2D eigenvalue weighted by Crippen LogP contribution is -2.20. The first kappa shape index (κ1) is 16.1. The Bertz CT molecular complexity index is 571. The van der Waals surface area contributed by atoms with E-state index in [9.17, 15) is 8.42 Å². The molecule has 0 amide bonds. The van der Waals surface area contributed by atoms with Crippen molar-refractivity contribution >= 4 is 9.84 Å². The normalized spacial score (nSPS) is 20.4. The Labute approximate surface area is 126 Å². The molecule has 0 radical (unpaired) electrons. The van der Waals surface area contributed by atoms with Crippen molar-refractivity contribution in [2.75, 3.05) is 25.2 Å². The summed E-state index contributed by atoms with van der Waals surface area (Å²) in [5, 5.41) is 3.33. The molecule has 0 aliphatic carbocycles. The van der Waals surface area contributed by atoms with Gasteiger partial charge in [0.2, 0.25) is 0 Å². The van der Waals surface area contributed by atoms with Gasteiger partial charge < -0.3 is 14.8 Å². The number of hydrogen-bond acceptors (Lipinski definition) is 5. The van der Waals surface area contributed by atoms with Gasteiger partial charge in [0.25, 0.3) is 0 Å². The van der Waals surface area contributed by atoms with Crippen LogP contribution in [0.2, 0.25) is 0 Å². The molecule has 1 unspecified atom stereocenters. The Morgan fingerprint density at radius 1 is 1.38 bits per heavy atom. The summed E-state index contributed by atoms with van der Waals surface area (Å²) in [5.74, 6) is 1.84. The van der Waals surface area contributed by atoms with Gasteiger partial charge in [-0.15, -0.1) is 0 Å². The second-order valence-electron chi connectivity index (χ2n) is 5.29. The van der Waals surface area contributed by atoms with Gasteiger partial charge >= 0.3 is 0 Å². The van der Waals surface area contributed by atoms with Gasteiger partial charge in [-0.25, -0.2) is 8.42 Å². The maximum atomic E-state index is 11.5. The number of nitrogens with one attached hydrogen (secondary N) is 1. The van der Waals surface area contributed by atoms with Crippen molar-refractivity contribution in [3.63, 3.8) is 0 Å². The van der Waals surface area contributed by atoms with Crippen LogP contribution >= 0.6 is 0 Å². The Morgan fingerprint density at radius 3 is 2.81 bits per heavy atom. The fraction of sp³-hybridized carbons (Fsp3) is 0.600. The van der Waals surface area contributed by atoms with Crippen LogP contribution in [0.25, 0.3) is 0 Å². The molecule has 0 saturated carbocycles. The van der Waals surface area contributed by atoms with Crippen LogP contribution in [0.1, 0.15) is 25.3 Å². The SMILES string of the molecule is CCCNCc1cc(OC)ccc1OC1CCS(=O)(=O)C1. The number of hydrogen-bond donors (Lipinski definition) is 1. The number of methoxy groups -OCH3 is 1. The van der Waals surface area contributed by atoms with Crippen LogP contribution in [-0.4, -0.2) is 39.7 Å². The Balaban J connectivity index is 2.09. The van der Waals surface area contributed by atoms with Crippen molar-refractivity contribution in [3.8, 4) is 11.5 Å². The smallest absolute Gasteiger partial charge is 0.154 e. The summed E-state index contributed by atoms with van der Waals surface area (Å²) in [6.07, 6.45) is 1.38. The van der Waals surface area contributed by atoms with E-state index in [2.05, 4.69) is 12.2 Å². The van der Waals surface area contributed by atoms with E-state index in [-0.39, 0.29) is 17.6 Å². The lowest BCUT2D eigenvalue weighted by molar-refractivity contribution is 0.226. The van der Waals surface area contributed by atoms with E-state index in [1.807, 2.05) is 18.2 Å². The Morgan fingerprint density at radius 2 is 2.19 bits per heavy atom. The minimum atomic E-state index is -2.93. The van der Waals surface area contributed by atoms with E-state index < -0.39 is 9.84 Å². The molecule has 21 heavy (non-hydrogen) atoms. The highest BCUT2D eigenvalue weighted by molar-refractivity contribution is 7.91. The molecule has 1 fully saturated rings. The molecule has 1 aliphatic rings. The van der Waals surface area contributed by atoms with Crippen LogP contribution in [0, 0.1) is 0 Å². The van der Waals surface area contributed by atoms with E-state index in [4.69, 9.17) is 9.47 Å². The standard InChI is InChI=1S/C15H23NO4S/c1-3-7-16-10-12-9-13(19-2)4-5-15(12)20-14-6-8-21(17,18)11-14/h4-5,9,14,16H,3,6-8,10-11H2,1-2H3. The van der Waals surface area contributed by atoms with Gasteiger partial charge in [-0.3, -0.25) is 0 Å². The average Bonchev–Trinajstić information content (AvgIpc) is 2.80. The number of benzene rings is 1. The van der Waals surface area contributed by atoms with Crippen molar-refractivity contribution in [1.29, 1.82) is 0 Å². The summed E-state index contributed by atoms with van der Waals surface area (Å²) < 4.78 is 34.2. The van der Waals surface area contributed by atoms with E-state index in [0.717, 1.165) is 30.0 Å². The molecular formula is C15H23NO4S. The van der Waals surface area contributed by atoms with Crippen LogP contribution < -0.4 is 14.8 Å². The highest BCUT2D eigenvalue weighted by atomic mass is 32.2. The topological polar surface area (TPSA) is 64.6 Å². The quantitative estimate of drug-likeness (QED) is 0.777. The molecular weight excluding hydrogens is 290 g/mol. The monoisotopic (exact) mass is 313 g/mol. The number of ether oxygens (including phenoxy) is 2. The highest BCUT2D eigenvalue weighted by Gasteiger charge is 2.29. The molecule has 1 N–H and O–H groups in total. The molecule has 0 bridgehead atoms. The second-order valence-corrected chi connectivity index (χ2v) is 7.52. The Hall–Kier alpha value is -1.27. The van der Waals surface area contributed by atoms with Crippen LogP contribution in [-0.2, 0) is 16.4 Å². The first-order valence-corrected chi connectivity index (χ1v) is 9.11. The fourth-order valence-electron chi connectivity index (χ4n) is 2.37. The molecule has 1 aromatic carbocycles. The van der Waals surface area contributed by atoms with Gasteiger partial charge in [0.05, 0.1) is 18.6 Å². The van der Waals surface area contributed by atoms with Crippen LogP contribution in [0.15, 0.2) is 18.2 Å². The summed E-state index contributed by atoms with van der Waals surface area (Å²) in [7, 11) is -1.30. The van der Waals surface area contributed by atoms with Crippen molar-refractivity contribution in [1.82, 2.24) is 5.32 Å². The lowest BCUT2D eigenvalue weighted by Gasteiger charge is -2.17. The predicted octanol–water partition coefficient (Wildman–Crippen LogP) is 1.76. The third-order valence-electron chi connectivity index (χ3n) is 3.49. The number of rotatable bonds is 7. The third-order valence-corrected chi connectivity index (χ3v) is 5.23. The van der Waals surface area contributed by atoms with Gasteiger partial charge in [0, 0.05) is 12.1 Å². The molecule has 1 aromatic rings. The first-order valence-electron chi connectivity index (χ1n) is 7.29. The van der Waals surface area contributed by atoms with Crippen molar-refractivity contribution in [2.24, 2.45) is 0 Å². The van der Waals surface area contributed by atoms with Crippen molar-refractivity contribution in [3.05, 3.63) is 23.8 Å². The largest absolute Gasteiger partial charge is 0.497 e. The minimum Gasteiger partial charge on any atom is -0.497 e. The molecule has 1 aliphatic heterocycles. The molecule has 2 rings (SSSR count). The third kappa shape index (κ3) is 4.61. The van der Waals surface area contributed by atoms with Crippen molar-refractivity contribution < 1.29 is 17.9 Å². The van der Waals surface area contributed by atoms with E-state index in [0.29, 0.717) is 13.0 Å². The van der Waals surface area contributed by atoms with Gasteiger partial charge in [-0.1, -0.05) is 6.92 Å². The summed E-state index contributed by atoms with van der Waals surface area (Å²) >= 11 is 0. The van der Waals surface area contributed by atoms with Gasteiger partial charge in [-0.2, -0.15) is 0 Å². The zero-order chi connectivity index (χ0) is 15.3. The molecule has 1 atom stereocenters. The summed E-state index contributed by atoms with van der Waals surface area (Å²) in [6, 6.07) is 5.62. The molecule has 0 aromatic heterocycles. The summed E-state index contributed by atoms with van der Waals surface area (Å²) in [4.78, 5) is 0. The van der Waals surface area contributed by atoms with E-state index >= 15 is 0 Å². The summed E-state index contributed by atoms with van der Waals surface area (Å²) in [6.45, 7) is 3.72. The Kier molecular flexibility index (Phi) is 5.47. The fourth-order valence-corrected chi connectivity index (χ4v) is 3.96. The molecule has 6 heteroatoms. The van der Waals surface area contributed by atoms with E-state index in [1.165, 1.54) is 0 Å². The van der Waals surface area contributed by atoms with Crippen LogP contribution in [0.3, 0.4) is 0 Å². The molecule has 1 heterocycles. The summed E-state index contributed by atoms with van der Waals surface area (Å²) in [5.41, 5.74) is 0.993. The maximum absolute atomic E-state index is 11.5. The predicted molar refractivity (Wildman–Crippen MR) is 82.7 cm³/mol. The average molecular weight is 313 g/mol. The van der Waals surface area contributed by atoms with Crippen LogP contribution in [0.5, 0.6) is 11.5 Å². The maximum Gasteiger partial charge on any atom is 0.154 e. The molecule has 118 valence electrons. The zero-order valence-corrected chi connectivity index (χ0v) is 13.4. The van der Waals surface area contributed by atoms with Crippen LogP contribution in [0.4, 0.5) is 0 Å². The molecule has 1 saturated heterocycles. The molecule has 5 nitrogen and oxygen atoms in total. The second kappa shape index (κ2) is 7.13. The minimum absolute atomic E-state index is 0.112. The van der Waals surface area contributed by atoms with Gasteiger partial charge in [0.1, 0.15) is 17.6 Å². The highest BCUT2D eigenvalue weighted by Crippen LogP contribution is 2.27. The van der Waals surface area contributed by atoms with Gasteiger partial charge in [-0.05, 0) is 37.6 Å². The van der Waals surface area contributed by atoms with Crippen molar-refractivity contribution in [2.45, 2.75) is 32.4 Å². The first-order chi connectivity index (χ1) is 10.0. The van der Waals surface area contributed by atoms with Gasteiger partial charge in [0.15, 0.2) is 9.84 Å². The van der Waals surface area contributed by atoms with E-state index in [1.54, 1.807) is 7.11 Å².